The van der Waals surface area contributed by atoms with E-state index in [1.54, 1.807) is 23.1 Å². The van der Waals surface area contributed by atoms with Crippen LogP contribution >= 0.6 is 0 Å². The van der Waals surface area contributed by atoms with E-state index < -0.39 is 66.2 Å². The molecule has 1 saturated heterocycles. The SMILES string of the molecule is C=C/C=C(\C=C)C[C@@H](C=O)N(C)C(=O)[C@H](CC(C)C)N(C)C(=O)C(C)N(C)C(=O)CC(NC(=O)[C@H](C)N(C)C=O)C(=O)N1CCCCC1. The highest BCUT2D eigenvalue weighted by Crippen LogP contribution is 2.19. The second kappa shape index (κ2) is 20.2. The molecule has 0 bridgehead atoms. The molecule has 1 fully saturated rings. The van der Waals surface area contributed by atoms with Crippen molar-refractivity contribution >= 4 is 42.2 Å². The largest absolute Gasteiger partial charge is 0.342 e. The van der Waals surface area contributed by atoms with Gasteiger partial charge in [0.25, 0.3) is 0 Å². The predicted molar refractivity (Wildman–Crippen MR) is 184 cm³/mol. The van der Waals surface area contributed by atoms with Gasteiger partial charge < -0.3 is 34.6 Å². The number of carbonyl (C=O) groups excluding carboxylic acids is 7. The molecule has 0 aromatic carbocycles. The van der Waals surface area contributed by atoms with E-state index in [1.807, 2.05) is 13.8 Å². The fourth-order valence-corrected chi connectivity index (χ4v) is 5.41. The van der Waals surface area contributed by atoms with Crippen molar-refractivity contribution in [2.75, 3.05) is 41.3 Å². The second-order valence-electron chi connectivity index (χ2n) is 12.9. The van der Waals surface area contributed by atoms with E-state index in [0.717, 1.165) is 29.7 Å². The third-order valence-electron chi connectivity index (χ3n) is 8.99. The summed E-state index contributed by atoms with van der Waals surface area (Å²) in [5, 5.41) is 2.65. The lowest BCUT2D eigenvalue weighted by Gasteiger charge is -2.37. The van der Waals surface area contributed by atoms with E-state index in [4.69, 9.17) is 0 Å². The van der Waals surface area contributed by atoms with Gasteiger partial charge in [0.1, 0.15) is 30.5 Å². The summed E-state index contributed by atoms with van der Waals surface area (Å²) in [5.74, 6) is -2.48. The first-order chi connectivity index (χ1) is 22.5. The minimum atomic E-state index is -1.20. The summed E-state index contributed by atoms with van der Waals surface area (Å²) in [5.41, 5.74) is 0.721. The maximum absolute atomic E-state index is 13.8. The topological polar surface area (TPSA) is 148 Å². The van der Waals surface area contributed by atoms with E-state index in [0.29, 0.717) is 32.2 Å². The summed E-state index contributed by atoms with van der Waals surface area (Å²) >= 11 is 0. The normalized spacial score (nSPS) is 16.4. The number of nitrogens with one attached hydrogen (secondary N) is 1. The zero-order valence-corrected chi connectivity index (χ0v) is 30.0. The van der Waals surface area contributed by atoms with E-state index in [1.165, 1.54) is 56.7 Å². The van der Waals surface area contributed by atoms with Gasteiger partial charge in [0.15, 0.2) is 0 Å². The molecule has 268 valence electrons. The molecule has 0 radical (unpaired) electrons. The molecule has 1 heterocycles. The van der Waals surface area contributed by atoms with Crippen molar-refractivity contribution in [1.82, 2.24) is 29.8 Å². The average molecular weight is 673 g/mol. The molecule has 1 aliphatic heterocycles. The molecule has 0 spiro atoms. The molecule has 0 aromatic heterocycles. The molecule has 0 aliphatic carbocycles. The van der Waals surface area contributed by atoms with Gasteiger partial charge in [0.2, 0.25) is 35.9 Å². The van der Waals surface area contributed by atoms with E-state index in [9.17, 15) is 33.6 Å². The number of carbonyl (C=O) groups is 7. The van der Waals surface area contributed by atoms with Gasteiger partial charge in [-0.25, -0.2) is 0 Å². The Morgan fingerprint density at radius 3 is 1.92 bits per heavy atom. The van der Waals surface area contributed by atoms with Gasteiger partial charge >= 0.3 is 0 Å². The van der Waals surface area contributed by atoms with Crippen LogP contribution in [0.15, 0.2) is 37.0 Å². The first kappa shape index (κ1) is 41.7. The fraction of sp³-hybridized carbons (Fsp3) is 0.629. The number of likely N-dealkylation sites (N-methyl/N-ethyl adjacent to an activating group) is 4. The Bertz CT molecular complexity index is 1210. The van der Waals surface area contributed by atoms with Crippen LogP contribution in [0, 0.1) is 5.92 Å². The second-order valence-corrected chi connectivity index (χ2v) is 12.9. The van der Waals surface area contributed by atoms with Crippen LogP contribution in [0.2, 0.25) is 0 Å². The summed E-state index contributed by atoms with van der Waals surface area (Å²) in [6, 6.07) is -4.83. The van der Waals surface area contributed by atoms with Gasteiger partial charge in [-0.05, 0) is 57.4 Å². The zero-order chi connectivity index (χ0) is 36.7. The Kier molecular flexibility index (Phi) is 17.5. The number of aldehydes is 1. The lowest BCUT2D eigenvalue weighted by molar-refractivity contribution is -0.151. The van der Waals surface area contributed by atoms with Crippen LogP contribution in [0.3, 0.4) is 0 Å². The van der Waals surface area contributed by atoms with Gasteiger partial charge in [0, 0.05) is 41.3 Å². The fourth-order valence-electron chi connectivity index (χ4n) is 5.41. The van der Waals surface area contributed by atoms with E-state index in [2.05, 4.69) is 18.5 Å². The third-order valence-corrected chi connectivity index (χ3v) is 8.99. The van der Waals surface area contributed by atoms with Crippen LogP contribution in [0.5, 0.6) is 0 Å². The molecule has 48 heavy (non-hydrogen) atoms. The molecular weight excluding hydrogens is 616 g/mol. The minimum absolute atomic E-state index is 0.0159. The van der Waals surface area contributed by atoms with Gasteiger partial charge in [-0.2, -0.15) is 0 Å². The van der Waals surface area contributed by atoms with Gasteiger partial charge in [-0.3, -0.25) is 28.8 Å². The third kappa shape index (κ3) is 11.7. The highest BCUT2D eigenvalue weighted by molar-refractivity contribution is 5.96. The molecule has 1 aliphatic rings. The zero-order valence-electron chi connectivity index (χ0n) is 30.0. The number of rotatable bonds is 19. The van der Waals surface area contributed by atoms with Crippen LogP contribution in [-0.2, 0) is 33.6 Å². The summed E-state index contributed by atoms with van der Waals surface area (Å²) in [6.07, 6.45) is 8.77. The smallest absolute Gasteiger partial charge is 0.245 e. The molecule has 2 unspecified atom stereocenters. The minimum Gasteiger partial charge on any atom is -0.342 e. The van der Waals surface area contributed by atoms with Crippen molar-refractivity contribution in [3.8, 4) is 0 Å². The Balaban J connectivity index is 3.22. The van der Waals surface area contributed by atoms with Crippen LogP contribution in [-0.4, -0.2) is 138 Å². The van der Waals surface area contributed by atoms with Crippen molar-refractivity contribution in [1.29, 1.82) is 0 Å². The summed E-state index contributed by atoms with van der Waals surface area (Å²) in [4.78, 5) is 97.5. The lowest BCUT2D eigenvalue weighted by Crippen LogP contribution is -2.57. The molecule has 0 saturated carbocycles. The van der Waals surface area contributed by atoms with Crippen LogP contribution in [0.4, 0.5) is 0 Å². The highest BCUT2D eigenvalue weighted by atomic mass is 16.2. The maximum atomic E-state index is 13.8. The number of piperidine rings is 1. The van der Waals surface area contributed by atoms with Crippen LogP contribution in [0.25, 0.3) is 0 Å². The van der Waals surface area contributed by atoms with E-state index in [-0.39, 0.29) is 12.3 Å². The van der Waals surface area contributed by atoms with Crippen molar-refractivity contribution in [2.45, 2.75) is 96.4 Å². The standard InChI is InChI=1S/C35H56N6O7/c1-11-16-27(12-2)20-28(22-42)39(9)35(48)30(19-24(3)4)40(10)33(46)26(6)38(8)31(44)21-29(34(47)41-17-14-13-15-18-41)36-32(45)25(5)37(7)23-43/h11-12,16,22-26,28-30H,1-2,13-15,17-21H2,3-10H3,(H,36,45)/b27-16+/t25-,26?,28-,29?,30-/m0/s1. The summed E-state index contributed by atoms with van der Waals surface area (Å²) in [7, 11) is 5.88. The van der Waals surface area contributed by atoms with Gasteiger partial charge in [-0.1, -0.05) is 45.2 Å². The quantitative estimate of drug-likeness (QED) is 0.163. The molecule has 0 aromatic rings. The van der Waals surface area contributed by atoms with Crippen molar-refractivity contribution in [2.24, 2.45) is 5.92 Å². The predicted octanol–water partition coefficient (Wildman–Crippen LogP) is 1.78. The molecule has 1 rings (SSSR count). The van der Waals surface area contributed by atoms with E-state index >= 15 is 0 Å². The number of hydrogen-bond acceptors (Lipinski definition) is 7. The van der Waals surface area contributed by atoms with Crippen molar-refractivity contribution in [3.05, 3.63) is 37.0 Å². The maximum Gasteiger partial charge on any atom is 0.245 e. The van der Waals surface area contributed by atoms with Crippen molar-refractivity contribution < 1.29 is 33.6 Å². The molecular formula is C35H56N6O7. The lowest BCUT2D eigenvalue weighted by atomic mass is 9.99. The molecule has 6 amide bonds. The Morgan fingerprint density at radius 2 is 1.42 bits per heavy atom. The summed E-state index contributed by atoms with van der Waals surface area (Å²) < 4.78 is 0. The Morgan fingerprint density at radius 1 is 0.812 bits per heavy atom. The molecule has 13 heteroatoms. The first-order valence-electron chi connectivity index (χ1n) is 16.5. The average Bonchev–Trinajstić information content (AvgIpc) is 3.09. The molecule has 13 nitrogen and oxygen atoms in total. The first-order valence-corrected chi connectivity index (χ1v) is 16.5. The Hall–Kier alpha value is -4.29. The van der Waals surface area contributed by atoms with Crippen LogP contribution < -0.4 is 5.32 Å². The monoisotopic (exact) mass is 672 g/mol. The number of nitrogens with zero attached hydrogens (tertiary/aromatic N) is 5. The molecule has 5 atom stereocenters. The Labute approximate surface area is 286 Å². The van der Waals surface area contributed by atoms with Crippen LogP contribution in [0.1, 0.15) is 66.2 Å². The van der Waals surface area contributed by atoms with Gasteiger partial charge in [0.05, 0.1) is 12.5 Å². The molecule has 1 N–H and O–H groups in total. The number of likely N-dealkylation sites (tertiary alicyclic amines) is 1. The number of allylic oxidation sites excluding steroid dienone is 3. The van der Waals surface area contributed by atoms with Gasteiger partial charge in [-0.15, -0.1) is 0 Å². The number of hydrogen-bond donors (Lipinski definition) is 1. The number of amides is 6. The highest BCUT2D eigenvalue weighted by Gasteiger charge is 2.37. The summed E-state index contributed by atoms with van der Waals surface area (Å²) in [6.45, 7) is 15.3. The van der Waals surface area contributed by atoms with Crippen molar-refractivity contribution in [3.63, 3.8) is 0 Å².